The number of hydrogen-bond donors (Lipinski definition) is 0. The van der Waals surface area contributed by atoms with Gasteiger partial charge in [-0.15, -0.1) is 0 Å². The van der Waals surface area contributed by atoms with E-state index in [-0.39, 0.29) is 36.6 Å². The second kappa shape index (κ2) is 25.3. The first kappa shape index (κ1) is 53.4. The Morgan fingerprint density at radius 3 is 0.973 bits per heavy atom. The molecule has 0 fully saturated rings. The van der Waals surface area contributed by atoms with Crippen LogP contribution in [0, 0.1) is 62.3 Å². The summed E-state index contributed by atoms with van der Waals surface area (Å²) in [5, 5.41) is 0. The van der Waals surface area contributed by atoms with Crippen LogP contribution in [0.25, 0.3) is 0 Å². The molecule has 0 aliphatic rings. The largest absolute Gasteiger partial charge is 0.454 e. The number of hydrogen-bond acceptors (Lipinski definition) is 18. The van der Waals surface area contributed by atoms with Crippen LogP contribution in [0.5, 0.6) is 34.5 Å². The van der Waals surface area contributed by atoms with Crippen molar-refractivity contribution < 1.29 is 28.6 Å². The first-order chi connectivity index (χ1) is 36.0. The van der Waals surface area contributed by atoms with Crippen molar-refractivity contribution in [2.45, 2.75) is 81.6 Å². The van der Waals surface area contributed by atoms with E-state index in [9.17, 15) is 14.4 Å². The fraction of sp³-hybridized carbons (Fsp3) is 0.211. The zero-order chi connectivity index (χ0) is 53.4. The minimum absolute atomic E-state index is 0.105. The van der Waals surface area contributed by atoms with Crippen molar-refractivity contribution in [3.63, 3.8) is 0 Å². The lowest BCUT2D eigenvalue weighted by molar-refractivity contribution is 0.0978. The standard InChI is InChI=1S/3C19H18N4O2/c1-12-4-5-15(22-9-12)7-19(24)18-8-16(6-13(2)23-18)25-17-10-20-14(3)21-11-17;2*1-12-5-4-6-15(22-12)8-19(24)18-9-16(7-13(2)23-18)25-17-10-20-14(3)21-11-17/h4-6,8-11H,7H2,1-3H3;2*4-7,9-11H,8H2,1-3H3. The molecule has 75 heavy (non-hydrogen) atoms. The number of ether oxygens (including phenoxy) is 3. The first-order valence-corrected chi connectivity index (χ1v) is 23.7. The third-order valence-corrected chi connectivity index (χ3v) is 10.5. The van der Waals surface area contributed by atoms with Gasteiger partial charge < -0.3 is 14.2 Å². The number of carbonyl (C=O) groups is 3. The molecule has 0 aliphatic heterocycles. The van der Waals surface area contributed by atoms with Crippen LogP contribution in [0.4, 0.5) is 0 Å². The molecular weight excluding hydrogens is 949 g/mol. The molecule has 9 rings (SSSR count). The number of Topliss-reactive ketones (excluding diaryl/α,β-unsaturated/α-hetero) is 3. The molecule has 0 spiro atoms. The zero-order valence-electron chi connectivity index (χ0n) is 43.1. The summed E-state index contributed by atoms with van der Waals surface area (Å²) in [6, 6.07) is 25.2. The molecule has 9 aromatic heterocycles. The SMILES string of the molecule is Cc1ccc(CC(=O)c2cc(Oc3cnc(C)nc3)cc(C)n2)nc1.Cc1cccc(CC(=O)c2cc(Oc3cnc(C)nc3)cc(C)n2)n1.Cc1cccc(CC(=O)c2cc(Oc3cnc(C)nc3)cc(C)n2)n1. The number of nitrogens with zero attached hydrogens (tertiary/aromatic N) is 12. The summed E-state index contributed by atoms with van der Waals surface area (Å²) in [5.74, 6) is 4.80. The Bertz CT molecular complexity index is 3280. The van der Waals surface area contributed by atoms with E-state index in [2.05, 4.69) is 59.8 Å². The van der Waals surface area contributed by atoms with Crippen LogP contribution < -0.4 is 14.2 Å². The fourth-order valence-electron chi connectivity index (χ4n) is 6.99. The summed E-state index contributed by atoms with van der Waals surface area (Å²) in [4.78, 5) is 88.1. The highest BCUT2D eigenvalue weighted by atomic mass is 16.5. The van der Waals surface area contributed by atoms with Gasteiger partial charge in [-0.05, 0) is 98.2 Å². The predicted octanol–water partition coefficient (Wildman–Crippen LogP) is 10.2. The molecule has 18 heteroatoms. The van der Waals surface area contributed by atoms with E-state index in [4.69, 9.17) is 14.2 Å². The highest BCUT2D eigenvalue weighted by Crippen LogP contribution is 2.25. The van der Waals surface area contributed by atoms with Gasteiger partial charge in [-0.1, -0.05) is 18.2 Å². The lowest BCUT2D eigenvalue weighted by Gasteiger charge is -2.08. The van der Waals surface area contributed by atoms with Gasteiger partial charge in [0, 0.05) is 88.1 Å². The number of aryl methyl sites for hydroxylation is 9. The van der Waals surface area contributed by atoms with Crippen LogP contribution in [0.1, 0.15) is 100 Å². The van der Waals surface area contributed by atoms with E-state index < -0.39 is 0 Å². The van der Waals surface area contributed by atoms with Crippen molar-refractivity contribution >= 4 is 17.3 Å². The average molecular weight is 1000 g/mol. The molecule has 0 aliphatic carbocycles. The molecule has 0 saturated carbocycles. The summed E-state index contributed by atoms with van der Waals surface area (Å²) in [5.41, 5.74) is 8.14. The van der Waals surface area contributed by atoms with Crippen molar-refractivity contribution in [3.05, 3.63) is 214 Å². The minimum atomic E-state index is -0.106. The number of pyridine rings is 6. The van der Waals surface area contributed by atoms with Gasteiger partial charge >= 0.3 is 0 Å². The highest BCUT2D eigenvalue weighted by molar-refractivity contribution is 5.97. The molecule has 0 unspecified atom stereocenters. The Labute approximate surface area is 434 Å². The minimum Gasteiger partial charge on any atom is -0.454 e. The molecule has 9 aromatic rings. The quantitative estimate of drug-likeness (QED) is 0.0868. The maximum absolute atomic E-state index is 12.5. The molecule has 0 radical (unpaired) electrons. The van der Waals surface area contributed by atoms with Crippen LogP contribution in [0.3, 0.4) is 0 Å². The van der Waals surface area contributed by atoms with E-state index >= 15 is 0 Å². The van der Waals surface area contributed by atoms with Crippen molar-refractivity contribution in [2.24, 2.45) is 0 Å². The van der Waals surface area contributed by atoms with E-state index in [1.165, 1.54) is 0 Å². The fourth-order valence-corrected chi connectivity index (χ4v) is 6.99. The van der Waals surface area contributed by atoms with E-state index in [0.717, 1.165) is 28.3 Å². The van der Waals surface area contributed by atoms with Gasteiger partial charge in [0.15, 0.2) is 34.6 Å². The first-order valence-electron chi connectivity index (χ1n) is 23.7. The summed E-state index contributed by atoms with van der Waals surface area (Å²) in [6.45, 7) is 16.6. The van der Waals surface area contributed by atoms with Crippen molar-refractivity contribution in [2.75, 3.05) is 0 Å². The molecule has 378 valence electrons. The normalized spacial score (nSPS) is 10.5. The molecule has 0 aromatic carbocycles. The van der Waals surface area contributed by atoms with E-state index in [1.54, 1.807) is 101 Å². The Morgan fingerprint density at radius 1 is 0.333 bits per heavy atom. The topological polar surface area (TPSA) is 234 Å². The molecule has 0 bridgehead atoms. The van der Waals surface area contributed by atoms with Crippen molar-refractivity contribution in [3.8, 4) is 34.5 Å². The highest BCUT2D eigenvalue weighted by Gasteiger charge is 2.16. The van der Waals surface area contributed by atoms with E-state index in [0.29, 0.717) is 91.8 Å². The molecule has 0 N–H and O–H groups in total. The Hall–Kier alpha value is -9.45. The zero-order valence-corrected chi connectivity index (χ0v) is 43.1. The average Bonchev–Trinajstić information content (AvgIpc) is 3.37. The molecule has 0 amide bonds. The van der Waals surface area contributed by atoms with Gasteiger partial charge in [-0.25, -0.2) is 44.9 Å². The number of aromatic nitrogens is 12. The lowest BCUT2D eigenvalue weighted by Crippen LogP contribution is -2.08. The summed E-state index contributed by atoms with van der Waals surface area (Å²) < 4.78 is 17.2. The van der Waals surface area contributed by atoms with Crippen molar-refractivity contribution in [1.29, 1.82) is 0 Å². The third kappa shape index (κ3) is 16.8. The van der Waals surface area contributed by atoms with Crippen LogP contribution in [0.2, 0.25) is 0 Å². The van der Waals surface area contributed by atoms with E-state index in [1.807, 2.05) is 90.1 Å². The third-order valence-electron chi connectivity index (χ3n) is 10.5. The van der Waals surface area contributed by atoms with Crippen LogP contribution in [0.15, 0.2) is 128 Å². The van der Waals surface area contributed by atoms with Gasteiger partial charge in [-0.2, -0.15) is 0 Å². The van der Waals surface area contributed by atoms with Crippen LogP contribution in [-0.2, 0) is 19.3 Å². The molecule has 18 nitrogen and oxygen atoms in total. The van der Waals surface area contributed by atoms with Gasteiger partial charge in [0.2, 0.25) is 0 Å². The van der Waals surface area contributed by atoms with Gasteiger partial charge in [0.1, 0.15) is 51.8 Å². The summed E-state index contributed by atoms with van der Waals surface area (Å²) in [7, 11) is 0. The Balaban J connectivity index is 0.000000164. The van der Waals surface area contributed by atoms with Gasteiger partial charge in [0.25, 0.3) is 0 Å². The Morgan fingerprint density at radius 2 is 0.667 bits per heavy atom. The molecule has 0 atom stereocenters. The van der Waals surface area contributed by atoms with Crippen LogP contribution >= 0.6 is 0 Å². The maximum atomic E-state index is 12.5. The molecular formula is C57H54N12O6. The molecule has 0 saturated heterocycles. The Kier molecular flexibility index (Phi) is 18.0. The number of ketones is 3. The van der Waals surface area contributed by atoms with Crippen molar-refractivity contribution in [1.82, 2.24) is 59.8 Å². The number of carbonyl (C=O) groups excluding carboxylic acids is 3. The predicted molar refractivity (Wildman–Crippen MR) is 278 cm³/mol. The maximum Gasteiger partial charge on any atom is 0.187 e. The number of rotatable bonds is 15. The van der Waals surface area contributed by atoms with Gasteiger partial charge in [-0.3, -0.25) is 29.3 Å². The molecule has 9 heterocycles. The smallest absolute Gasteiger partial charge is 0.187 e. The monoisotopic (exact) mass is 1000 g/mol. The second-order valence-corrected chi connectivity index (χ2v) is 17.4. The summed E-state index contributed by atoms with van der Waals surface area (Å²) >= 11 is 0. The van der Waals surface area contributed by atoms with Crippen LogP contribution in [-0.4, -0.2) is 77.2 Å². The lowest BCUT2D eigenvalue weighted by atomic mass is 10.1. The van der Waals surface area contributed by atoms with Gasteiger partial charge in [0.05, 0.1) is 56.4 Å². The summed E-state index contributed by atoms with van der Waals surface area (Å²) in [6.07, 6.45) is 11.9. The second-order valence-electron chi connectivity index (χ2n) is 17.4.